The molecule has 0 aliphatic heterocycles. The molecule has 1 saturated carbocycles. The van der Waals surface area contributed by atoms with Crippen molar-refractivity contribution in [1.29, 1.82) is 0 Å². The summed E-state index contributed by atoms with van der Waals surface area (Å²) in [5, 5.41) is 0. The minimum Gasteiger partial charge on any atom is -0.365 e. The molecule has 0 aromatic carbocycles. The fourth-order valence-electron chi connectivity index (χ4n) is 3.04. The van der Waals surface area contributed by atoms with Gasteiger partial charge in [-0.1, -0.05) is 26.7 Å². The highest BCUT2D eigenvalue weighted by atomic mass is 16.5. The summed E-state index contributed by atoms with van der Waals surface area (Å²) >= 11 is 0. The van der Waals surface area contributed by atoms with Gasteiger partial charge in [0.2, 0.25) is 0 Å². The van der Waals surface area contributed by atoms with Crippen LogP contribution in [0.2, 0.25) is 0 Å². The van der Waals surface area contributed by atoms with Crippen molar-refractivity contribution in [3.05, 3.63) is 24.3 Å². The Morgan fingerprint density at radius 3 is 2.91 bits per heavy atom. The van der Waals surface area contributed by atoms with E-state index in [0.717, 1.165) is 18.5 Å². The second-order valence-electron chi connectivity index (χ2n) is 6.32. The number of nitrogens with zero attached hydrogens (tertiary/aromatic N) is 3. The largest absolute Gasteiger partial charge is 0.365 e. The van der Waals surface area contributed by atoms with Crippen LogP contribution in [-0.4, -0.2) is 40.0 Å². The predicted molar refractivity (Wildman–Crippen MR) is 85.1 cm³/mol. The lowest BCUT2D eigenvalue weighted by molar-refractivity contribution is -0.149. The van der Waals surface area contributed by atoms with Crippen LogP contribution in [0.25, 0.3) is 0 Å². The van der Waals surface area contributed by atoms with Gasteiger partial charge < -0.3 is 9.64 Å². The lowest BCUT2D eigenvalue weighted by atomic mass is 9.88. The number of rotatable bonds is 6. The average Bonchev–Trinajstić information content (AvgIpc) is 2.53. The molecular formula is C17H27N3O2. The number of carbonyl (C=O) groups is 1. The van der Waals surface area contributed by atoms with Gasteiger partial charge in [0.1, 0.15) is 6.10 Å². The Hall–Kier alpha value is -1.49. The molecule has 0 saturated heterocycles. The molecule has 1 amide bonds. The van der Waals surface area contributed by atoms with Gasteiger partial charge in [-0.25, -0.2) is 0 Å². The molecule has 1 heterocycles. The molecule has 1 aromatic rings. The smallest absolute Gasteiger partial charge is 0.251 e. The normalized spacial score (nSPS) is 23.0. The summed E-state index contributed by atoms with van der Waals surface area (Å²) in [4.78, 5) is 22.5. The van der Waals surface area contributed by atoms with Crippen molar-refractivity contribution < 1.29 is 9.53 Å². The van der Waals surface area contributed by atoms with Crippen molar-refractivity contribution in [3.8, 4) is 0 Å². The molecular weight excluding hydrogens is 278 g/mol. The number of hydrogen-bond acceptors (Lipinski definition) is 4. The molecule has 1 aliphatic carbocycles. The molecule has 0 unspecified atom stereocenters. The van der Waals surface area contributed by atoms with Gasteiger partial charge in [0.05, 0.1) is 24.5 Å². The second kappa shape index (κ2) is 8.22. The van der Waals surface area contributed by atoms with E-state index < -0.39 is 0 Å². The van der Waals surface area contributed by atoms with Crippen LogP contribution in [0.5, 0.6) is 0 Å². The van der Waals surface area contributed by atoms with Crippen molar-refractivity contribution in [3.63, 3.8) is 0 Å². The van der Waals surface area contributed by atoms with E-state index in [0.29, 0.717) is 18.9 Å². The first-order valence-electron chi connectivity index (χ1n) is 8.25. The van der Waals surface area contributed by atoms with Crippen LogP contribution in [0.4, 0.5) is 0 Å². The minimum atomic E-state index is -0.350. The molecule has 122 valence electrons. The third-order valence-corrected chi connectivity index (χ3v) is 4.28. The van der Waals surface area contributed by atoms with Crippen LogP contribution in [0, 0.1) is 5.92 Å². The lowest BCUT2D eigenvalue weighted by Gasteiger charge is -2.31. The first kappa shape index (κ1) is 16.9. The molecule has 0 radical (unpaired) electrons. The van der Waals surface area contributed by atoms with Crippen LogP contribution < -0.4 is 0 Å². The molecule has 0 spiro atoms. The van der Waals surface area contributed by atoms with Gasteiger partial charge in [-0.15, -0.1) is 0 Å². The zero-order valence-electron chi connectivity index (χ0n) is 13.9. The highest BCUT2D eigenvalue weighted by Gasteiger charge is 2.27. The molecule has 5 heteroatoms. The summed E-state index contributed by atoms with van der Waals surface area (Å²) in [7, 11) is 1.80. The Morgan fingerprint density at radius 1 is 1.45 bits per heavy atom. The SMILES string of the molecule is CC[C@H](O[C@@H]1CCC[C@@H](C)C1)C(=O)N(C)Cc1cnccn1. The lowest BCUT2D eigenvalue weighted by Crippen LogP contribution is -2.40. The van der Waals surface area contributed by atoms with E-state index in [1.165, 1.54) is 12.8 Å². The number of hydrogen-bond donors (Lipinski definition) is 0. The molecule has 1 fully saturated rings. The Bertz CT molecular complexity index is 466. The van der Waals surface area contributed by atoms with E-state index >= 15 is 0 Å². The summed E-state index contributed by atoms with van der Waals surface area (Å²) in [6.45, 7) is 4.73. The molecule has 2 rings (SSSR count). The third kappa shape index (κ3) is 4.77. The Kier molecular flexibility index (Phi) is 6.31. The van der Waals surface area contributed by atoms with Crippen molar-refractivity contribution in [2.24, 2.45) is 5.92 Å². The van der Waals surface area contributed by atoms with E-state index in [4.69, 9.17) is 4.74 Å². The van der Waals surface area contributed by atoms with E-state index in [-0.39, 0.29) is 18.1 Å². The first-order valence-corrected chi connectivity index (χ1v) is 8.25. The number of aromatic nitrogens is 2. The van der Waals surface area contributed by atoms with Gasteiger partial charge in [0.25, 0.3) is 5.91 Å². The number of likely N-dealkylation sites (N-methyl/N-ethyl adjacent to an activating group) is 1. The van der Waals surface area contributed by atoms with Crippen LogP contribution in [-0.2, 0) is 16.1 Å². The Balaban J connectivity index is 1.90. The van der Waals surface area contributed by atoms with Gasteiger partial charge >= 0.3 is 0 Å². The zero-order chi connectivity index (χ0) is 15.9. The summed E-state index contributed by atoms with van der Waals surface area (Å²) in [6.07, 6.45) is 10.2. The molecule has 5 nitrogen and oxygen atoms in total. The van der Waals surface area contributed by atoms with Crippen LogP contribution >= 0.6 is 0 Å². The number of amides is 1. The minimum absolute atomic E-state index is 0.0337. The molecule has 3 atom stereocenters. The van der Waals surface area contributed by atoms with Gasteiger partial charge in [-0.3, -0.25) is 14.8 Å². The zero-order valence-corrected chi connectivity index (χ0v) is 13.9. The van der Waals surface area contributed by atoms with Gasteiger partial charge in [0.15, 0.2) is 0 Å². The van der Waals surface area contributed by atoms with Crippen LogP contribution in [0.1, 0.15) is 51.6 Å². The van der Waals surface area contributed by atoms with Crippen molar-refractivity contribution in [1.82, 2.24) is 14.9 Å². The van der Waals surface area contributed by atoms with E-state index in [1.807, 2.05) is 6.92 Å². The monoisotopic (exact) mass is 305 g/mol. The Labute approximate surface area is 133 Å². The van der Waals surface area contributed by atoms with E-state index in [1.54, 1.807) is 30.5 Å². The van der Waals surface area contributed by atoms with E-state index in [9.17, 15) is 4.79 Å². The Morgan fingerprint density at radius 2 is 2.27 bits per heavy atom. The van der Waals surface area contributed by atoms with E-state index in [2.05, 4.69) is 16.9 Å². The molecule has 22 heavy (non-hydrogen) atoms. The summed E-state index contributed by atoms with van der Waals surface area (Å²) in [5.41, 5.74) is 0.791. The summed E-state index contributed by atoms with van der Waals surface area (Å²) in [6, 6.07) is 0. The first-order chi connectivity index (χ1) is 10.6. The fourth-order valence-corrected chi connectivity index (χ4v) is 3.04. The van der Waals surface area contributed by atoms with Crippen molar-refractivity contribution in [2.45, 2.75) is 64.7 Å². The predicted octanol–water partition coefficient (Wildman–Crippen LogP) is 2.81. The average molecular weight is 305 g/mol. The van der Waals surface area contributed by atoms with Gasteiger partial charge in [-0.2, -0.15) is 0 Å². The fraction of sp³-hybridized carbons (Fsp3) is 0.706. The third-order valence-electron chi connectivity index (χ3n) is 4.28. The quantitative estimate of drug-likeness (QED) is 0.811. The molecule has 1 aromatic heterocycles. The molecule has 0 N–H and O–H groups in total. The molecule has 1 aliphatic rings. The maximum absolute atomic E-state index is 12.6. The van der Waals surface area contributed by atoms with Gasteiger partial charge in [0, 0.05) is 19.4 Å². The summed E-state index contributed by atoms with van der Waals surface area (Å²) < 4.78 is 6.10. The van der Waals surface area contributed by atoms with Crippen LogP contribution in [0.3, 0.4) is 0 Å². The topological polar surface area (TPSA) is 55.3 Å². The van der Waals surface area contributed by atoms with Crippen molar-refractivity contribution >= 4 is 5.91 Å². The molecule has 0 bridgehead atoms. The standard InChI is InChI=1S/C17H27N3O2/c1-4-16(22-15-7-5-6-13(2)10-15)17(21)20(3)12-14-11-18-8-9-19-14/h8-9,11,13,15-16H,4-7,10,12H2,1-3H3/t13-,15-,16+/m1/s1. The number of carbonyl (C=O) groups excluding carboxylic acids is 1. The number of ether oxygens (including phenoxy) is 1. The second-order valence-corrected chi connectivity index (χ2v) is 6.32. The summed E-state index contributed by atoms with van der Waals surface area (Å²) in [5.74, 6) is 0.732. The maximum Gasteiger partial charge on any atom is 0.251 e. The van der Waals surface area contributed by atoms with Crippen molar-refractivity contribution in [2.75, 3.05) is 7.05 Å². The van der Waals surface area contributed by atoms with Gasteiger partial charge in [-0.05, 0) is 25.2 Å². The highest BCUT2D eigenvalue weighted by Crippen LogP contribution is 2.27. The highest BCUT2D eigenvalue weighted by molar-refractivity contribution is 5.80. The van der Waals surface area contributed by atoms with Crippen LogP contribution in [0.15, 0.2) is 18.6 Å². The maximum atomic E-state index is 12.6.